The molecule has 1 aromatic carbocycles. The molecule has 1 unspecified atom stereocenters. The van der Waals surface area contributed by atoms with Crippen LogP contribution < -0.4 is 5.32 Å². The molecular weight excluding hydrogens is 251 g/mol. The molecule has 1 atom stereocenters. The zero-order valence-corrected chi connectivity index (χ0v) is 11.4. The molecule has 0 saturated heterocycles. The van der Waals surface area contributed by atoms with Gasteiger partial charge in [-0.05, 0) is 25.0 Å². The van der Waals surface area contributed by atoms with E-state index in [2.05, 4.69) is 5.32 Å². The Bertz CT molecular complexity index is 446. The van der Waals surface area contributed by atoms with Gasteiger partial charge in [0.1, 0.15) is 11.5 Å². The smallest absolute Gasteiger partial charge is 0.295 e. The highest BCUT2D eigenvalue weighted by Gasteiger charge is 2.19. The third-order valence-corrected chi connectivity index (χ3v) is 2.84. The van der Waals surface area contributed by atoms with Gasteiger partial charge in [0.05, 0.1) is 17.6 Å². The minimum absolute atomic E-state index is 0.0291. The number of ether oxygens (including phenoxy) is 1. The number of nitrogens with zero attached hydrogens (tertiary/aromatic N) is 1. The van der Waals surface area contributed by atoms with Crippen molar-refractivity contribution in [2.24, 2.45) is 0 Å². The minimum Gasteiger partial charge on any atom is -0.383 e. The summed E-state index contributed by atoms with van der Waals surface area (Å²) in [7, 11) is 1.58. The summed E-state index contributed by atoms with van der Waals surface area (Å²) >= 11 is 0. The van der Waals surface area contributed by atoms with E-state index in [0.717, 1.165) is 18.9 Å². The first-order chi connectivity index (χ1) is 8.99. The van der Waals surface area contributed by atoms with Gasteiger partial charge in [0.2, 0.25) is 0 Å². The Balaban J connectivity index is 3.03. The molecule has 106 valence electrons. The Labute approximate surface area is 111 Å². The molecule has 0 amide bonds. The van der Waals surface area contributed by atoms with Crippen LogP contribution in [0.2, 0.25) is 0 Å². The summed E-state index contributed by atoms with van der Waals surface area (Å²) in [5.74, 6) is -0.573. The highest BCUT2D eigenvalue weighted by Crippen LogP contribution is 2.28. The molecule has 6 heteroatoms. The van der Waals surface area contributed by atoms with Gasteiger partial charge in [-0.1, -0.05) is 13.3 Å². The maximum atomic E-state index is 13.4. The molecule has 0 heterocycles. The van der Waals surface area contributed by atoms with E-state index in [9.17, 15) is 14.5 Å². The number of nitro groups is 1. The summed E-state index contributed by atoms with van der Waals surface area (Å²) in [4.78, 5) is 10.4. The standard InChI is InChI=1S/C13H19FN2O3/c1-4-5-10(8-19-3)15-12-6-9(2)11(14)7-13(12)16(17)18/h6-7,10,15H,4-5,8H2,1-3H3. The number of aryl methyl sites for hydroxylation is 1. The fourth-order valence-electron chi connectivity index (χ4n) is 1.90. The van der Waals surface area contributed by atoms with E-state index in [1.807, 2.05) is 6.92 Å². The minimum atomic E-state index is -0.583. The summed E-state index contributed by atoms with van der Waals surface area (Å²) in [5, 5.41) is 14.0. The average Bonchev–Trinajstić information content (AvgIpc) is 2.33. The Kier molecular flexibility index (Phi) is 5.69. The van der Waals surface area contributed by atoms with E-state index in [0.29, 0.717) is 17.9 Å². The maximum absolute atomic E-state index is 13.4. The summed E-state index contributed by atoms with van der Waals surface area (Å²) in [5.41, 5.74) is 0.459. The van der Waals surface area contributed by atoms with Gasteiger partial charge in [-0.15, -0.1) is 0 Å². The van der Waals surface area contributed by atoms with Gasteiger partial charge < -0.3 is 10.1 Å². The predicted molar refractivity (Wildman–Crippen MR) is 72.0 cm³/mol. The number of hydrogen-bond acceptors (Lipinski definition) is 4. The number of methoxy groups -OCH3 is 1. The molecule has 0 fully saturated rings. The number of benzene rings is 1. The predicted octanol–water partition coefficient (Wildman–Crippen LogP) is 3.27. The van der Waals surface area contributed by atoms with E-state index in [1.54, 1.807) is 14.0 Å². The Morgan fingerprint density at radius 1 is 1.53 bits per heavy atom. The van der Waals surface area contributed by atoms with Crippen molar-refractivity contribution < 1.29 is 14.1 Å². The van der Waals surface area contributed by atoms with E-state index in [-0.39, 0.29) is 11.7 Å². The van der Waals surface area contributed by atoms with Gasteiger partial charge >= 0.3 is 0 Å². The van der Waals surface area contributed by atoms with Crippen LogP contribution in [0, 0.1) is 22.9 Å². The van der Waals surface area contributed by atoms with Crippen LogP contribution in [0.5, 0.6) is 0 Å². The van der Waals surface area contributed by atoms with Crippen LogP contribution in [-0.4, -0.2) is 24.7 Å². The van der Waals surface area contributed by atoms with E-state index in [4.69, 9.17) is 4.74 Å². The van der Waals surface area contributed by atoms with Crippen molar-refractivity contribution in [3.05, 3.63) is 33.6 Å². The van der Waals surface area contributed by atoms with Gasteiger partial charge in [0, 0.05) is 13.2 Å². The van der Waals surface area contributed by atoms with Crippen molar-refractivity contribution in [2.75, 3.05) is 19.0 Å². The number of hydrogen-bond donors (Lipinski definition) is 1. The van der Waals surface area contributed by atoms with Crippen molar-refractivity contribution in [3.63, 3.8) is 0 Å². The molecule has 5 nitrogen and oxygen atoms in total. The number of rotatable bonds is 7. The third kappa shape index (κ3) is 4.17. The van der Waals surface area contributed by atoms with Gasteiger partial charge in [0.15, 0.2) is 0 Å². The van der Waals surface area contributed by atoms with E-state index >= 15 is 0 Å². The third-order valence-electron chi connectivity index (χ3n) is 2.84. The van der Waals surface area contributed by atoms with Crippen LogP contribution in [0.4, 0.5) is 15.8 Å². The topological polar surface area (TPSA) is 64.4 Å². The molecule has 0 aliphatic carbocycles. The Morgan fingerprint density at radius 3 is 2.74 bits per heavy atom. The van der Waals surface area contributed by atoms with Gasteiger partial charge in [0.25, 0.3) is 5.69 Å². The molecular formula is C13H19FN2O3. The van der Waals surface area contributed by atoms with Crippen LogP contribution in [0.1, 0.15) is 25.3 Å². The highest BCUT2D eigenvalue weighted by atomic mass is 19.1. The SMILES string of the molecule is CCCC(COC)Nc1cc(C)c(F)cc1[N+](=O)[O-]. The molecule has 1 N–H and O–H groups in total. The lowest BCUT2D eigenvalue weighted by atomic mass is 10.1. The molecule has 0 aromatic heterocycles. The van der Waals surface area contributed by atoms with Crippen LogP contribution in [-0.2, 0) is 4.74 Å². The lowest BCUT2D eigenvalue weighted by Crippen LogP contribution is -2.25. The zero-order chi connectivity index (χ0) is 14.4. The van der Waals surface area contributed by atoms with E-state index < -0.39 is 10.7 Å². The summed E-state index contributed by atoms with van der Waals surface area (Å²) in [6.45, 7) is 4.05. The van der Waals surface area contributed by atoms with Crippen LogP contribution >= 0.6 is 0 Å². The number of nitro benzene ring substituents is 1. The van der Waals surface area contributed by atoms with Gasteiger partial charge in [-0.25, -0.2) is 4.39 Å². The summed E-state index contributed by atoms with van der Waals surface area (Å²) in [6.07, 6.45) is 1.75. The summed E-state index contributed by atoms with van der Waals surface area (Å²) in [6, 6.07) is 2.39. The fraction of sp³-hybridized carbons (Fsp3) is 0.538. The fourth-order valence-corrected chi connectivity index (χ4v) is 1.90. The molecule has 0 saturated carbocycles. The lowest BCUT2D eigenvalue weighted by Gasteiger charge is -2.18. The normalized spacial score (nSPS) is 12.2. The second kappa shape index (κ2) is 7.04. The monoisotopic (exact) mass is 270 g/mol. The van der Waals surface area contributed by atoms with Crippen LogP contribution in [0.15, 0.2) is 12.1 Å². The van der Waals surface area contributed by atoms with Crippen molar-refractivity contribution in [3.8, 4) is 0 Å². The number of anilines is 1. The molecule has 0 radical (unpaired) electrons. The van der Waals surface area contributed by atoms with Crippen LogP contribution in [0.25, 0.3) is 0 Å². The maximum Gasteiger partial charge on any atom is 0.295 e. The molecule has 0 aliphatic heterocycles. The molecule has 1 aromatic rings. The number of halogens is 1. The number of nitrogens with one attached hydrogen (secondary N) is 1. The second-order valence-electron chi connectivity index (χ2n) is 4.46. The second-order valence-corrected chi connectivity index (χ2v) is 4.46. The Hall–Kier alpha value is -1.69. The largest absolute Gasteiger partial charge is 0.383 e. The van der Waals surface area contributed by atoms with Crippen molar-refractivity contribution in [2.45, 2.75) is 32.7 Å². The molecule has 0 bridgehead atoms. The molecule has 1 rings (SSSR count). The van der Waals surface area contributed by atoms with Gasteiger partial charge in [-0.2, -0.15) is 0 Å². The lowest BCUT2D eigenvalue weighted by molar-refractivity contribution is -0.384. The highest BCUT2D eigenvalue weighted by molar-refractivity contribution is 5.63. The van der Waals surface area contributed by atoms with Crippen molar-refractivity contribution >= 4 is 11.4 Å². The van der Waals surface area contributed by atoms with Crippen LogP contribution in [0.3, 0.4) is 0 Å². The first-order valence-electron chi connectivity index (χ1n) is 6.19. The van der Waals surface area contributed by atoms with Crippen molar-refractivity contribution in [1.29, 1.82) is 0 Å². The quantitative estimate of drug-likeness (QED) is 0.610. The van der Waals surface area contributed by atoms with E-state index in [1.165, 1.54) is 6.07 Å². The molecule has 19 heavy (non-hydrogen) atoms. The first-order valence-corrected chi connectivity index (χ1v) is 6.19. The zero-order valence-electron chi connectivity index (χ0n) is 11.4. The molecule has 0 spiro atoms. The Morgan fingerprint density at radius 2 is 2.21 bits per heavy atom. The average molecular weight is 270 g/mol. The van der Waals surface area contributed by atoms with Crippen molar-refractivity contribution in [1.82, 2.24) is 0 Å². The molecule has 0 aliphatic rings. The summed E-state index contributed by atoms with van der Waals surface area (Å²) < 4.78 is 18.5. The van der Waals surface area contributed by atoms with Gasteiger partial charge in [-0.3, -0.25) is 10.1 Å². The first kappa shape index (κ1) is 15.4.